The van der Waals surface area contributed by atoms with Gasteiger partial charge in [-0.05, 0) is 64.7 Å². The van der Waals surface area contributed by atoms with Gasteiger partial charge in [-0.25, -0.2) is 4.79 Å². The van der Waals surface area contributed by atoms with E-state index in [0.717, 1.165) is 32.1 Å². The highest BCUT2D eigenvalue weighted by atomic mass is 28.4. The maximum Gasteiger partial charge on any atom is 0.330 e. The second kappa shape index (κ2) is 11.1. The molecule has 29 heavy (non-hydrogen) atoms. The molecule has 1 aliphatic heterocycles. The van der Waals surface area contributed by atoms with E-state index in [-0.39, 0.29) is 23.2 Å². The number of rotatable bonds is 11. The Bertz CT molecular complexity index is 536. The minimum atomic E-state index is -1.69. The summed E-state index contributed by atoms with van der Waals surface area (Å²) in [6.45, 7) is 19.7. The maximum absolute atomic E-state index is 11.6. The molecule has 6 heteroatoms. The minimum Gasteiger partial charge on any atom is -0.463 e. The van der Waals surface area contributed by atoms with Crippen LogP contribution in [0, 0.1) is 0 Å². The van der Waals surface area contributed by atoms with Crippen LogP contribution in [0.3, 0.4) is 0 Å². The molecule has 0 aromatic carbocycles. The predicted molar refractivity (Wildman–Crippen MR) is 120 cm³/mol. The van der Waals surface area contributed by atoms with Crippen LogP contribution in [0.15, 0.2) is 12.2 Å². The maximum atomic E-state index is 11.6. The molecule has 1 heterocycles. The summed E-state index contributed by atoms with van der Waals surface area (Å²) in [5, 5.41) is 0.250. The van der Waals surface area contributed by atoms with Gasteiger partial charge in [-0.1, -0.05) is 40.0 Å². The van der Waals surface area contributed by atoms with Gasteiger partial charge in [-0.2, -0.15) is 0 Å². The monoisotopic (exact) mass is 428 g/mol. The third-order valence-electron chi connectivity index (χ3n) is 5.83. The number of carbonyl (C=O) groups is 1. The fourth-order valence-corrected chi connectivity index (χ4v) is 4.78. The van der Waals surface area contributed by atoms with Gasteiger partial charge in [-0.15, -0.1) is 0 Å². The number of esters is 1. The molecule has 0 radical (unpaired) electrons. The highest BCUT2D eigenvalue weighted by Crippen LogP contribution is 2.38. The lowest BCUT2D eigenvalue weighted by Crippen LogP contribution is -2.43. The van der Waals surface area contributed by atoms with Crippen molar-refractivity contribution in [2.45, 2.75) is 123 Å². The van der Waals surface area contributed by atoms with Gasteiger partial charge < -0.3 is 18.6 Å². The molecular formula is C23H44O5Si. The van der Waals surface area contributed by atoms with Crippen LogP contribution in [0.4, 0.5) is 0 Å². The Morgan fingerprint density at radius 2 is 1.83 bits per heavy atom. The summed E-state index contributed by atoms with van der Waals surface area (Å²) in [7, 11) is -1.69. The summed E-state index contributed by atoms with van der Waals surface area (Å²) in [4.78, 5) is 11.6. The Morgan fingerprint density at radius 1 is 1.17 bits per heavy atom. The van der Waals surface area contributed by atoms with Gasteiger partial charge in [0.15, 0.2) is 14.1 Å². The van der Waals surface area contributed by atoms with Crippen molar-refractivity contribution < 1.29 is 23.4 Å². The van der Waals surface area contributed by atoms with Crippen LogP contribution >= 0.6 is 0 Å². The van der Waals surface area contributed by atoms with Crippen molar-refractivity contribution in [3.8, 4) is 0 Å². The van der Waals surface area contributed by atoms with Crippen molar-refractivity contribution in [2.24, 2.45) is 0 Å². The van der Waals surface area contributed by atoms with Gasteiger partial charge in [0, 0.05) is 12.2 Å². The molecule has 0 N–H and O–H groups in total. The first-order valence-corrected chi connectivity index (χ1v) is 14.1. The highest BCUT2D eigenvalue weighted by molar-refractivity contribution is 6.74. The normalized spacial score (nSPS) is 23.5. The molecule has 0 aromatic rings. The van der Waals surface area contributed by atoms with Crippen molar-refractivity contribution in [1.82, 2.24) is 0 Å². The molecule has 1 rings (SSSR count). The van der Waals surface area contributed by atoms with Gasteiger partial charge in [0.2, 0.25) is 0 Å². The Labute approximate surface area is 179 Å². The molecule has 1 aliphatic rings. The zero-order valence-corrected chi connectivity index (χ0v) is 21.2. The zero-order chi connectivity index (χ0) is 22.3. The lowest BCUT2D eigenvalue weighted by molar-refractivity contribution is -0.144. The number of unbranched alkanes of at least 4 members (excludes halogenated alkanes) is 2. The molecular weight excluding hydrogens is 384 g/mol. The van der Waals surface area contributed by atoms with Crippen LogP contribution in [0.2, 0.25) is 18.1 Å². The van der Waals surface area contributed by atoms with Crippen LogP contribution in [0.1, 0.15) is 80.6 Å². The van der Waals surface area contributed by atoms with Crippen LogP contribution in [0.25, 0.3) is 0 Å². The topological polar surface area (TPSA) is 54.0 Å². The molecule has 0 aromatic heterocycles. The van der Waals surface area contributed by atoms with Gasteiger partial charge in [0.05, 0.1) is 12.7 Å². The quantitative estimate of drug-likeness (QED) is 0.175. The zero-order valence-electron chi connectivity index (χ0n) is 20.2. The standard InChI is InChI=1S/C23H44O5Si/c1-10-25-21(24)17-16-20-19(26-23(6,7)27-20)15-13-11-12-14-18(2)28-29(8,9)22(3,4)5/h16-20H,10-15H2,1-9H3/b17-16-/t18-,19+,20+/m1/s1. The van der Waals surface area contributed by atoms with Gasteiger partial charge >= 0.3 is 5.97 Å². The van der Waals surface area contributed by atoms with Crippen molar-refractivity contribution in [2.75, 3.05) is 6.61 Å². The van der Waals surface area contributed by atoms with Crippen LogP contribution < -0.4 is 0 Å². The smallest absolute Gasteiger partial charge is 0.330 e. The molecule has 170 valence electrons. The summed E-state index contributed by atoms with van der Waals surface area (Å²) in [5.41, 5.74) is 0. The number of hydrogen-bond donors (Lipinski definition) is 0. The van der Waals surface area contributed by atoms with Crippen molar-refractivity contribution in [3.05, 3.63) is 12.2 Å². The van der Waals surface area contributed by atoms with Crippen molar-refractivity contribution in [1.29, 1.82) is 0 Å². The summed E-state index contributed by atoms with van der Waals surface area (Å²) in [6.07, 6.45) is 8.65. The Hall–Kier alpha value is -0.693. The molecule has 1 fully saturated rings. The van der Waals surface area contributed by atoms with E-state index in [4.69, 9.17) is 18.6 Å². The molecule has 3 atom stereocenters. The molecule has 0 unspecified atom stereocenters. The second-order valence-electron chi connectivity index (χ2n) is 10.1. The minimum absolute atomic E-state index is 0.0309. The van der Waals surface area contributed by atoms with Crippen LogP contribution in [0.5, 0.6) is 0 Å². The molecule has 5 nitrogen and oxygen atoms in total. The van der Waals surface area contributed by atoms with Gasteiger partial charge in [0.25, 0.3) is 0 Å². The molecule has 1 saturated heterocycles. The molecule has 0 saturated carbocycles. The average Bonchev–Trinajstić information content (AvgIpc) is 2.85. The van der Waals surface area contributed by atoms with E-state index in [0.29, 0.717) is 12.7 Å². The van der Waals surface area contributed by atoms with Crippen LogP contribution in [-0.4, -0.2) is 45.0 Å². The lowest BCUT2D eigenvalue weighted by Gasteiger charge is -2.38. The fourth-order valence-electron chi connectivity index (χ4n) is 3.31. The Kier molecular flexibility index (Phi) is 10.1. The lowest BCUT2D eigenvalue weighted by atomic mass is 10.0. The average molecular weight is 429 g/mol. The van der Waals surface area contributed by atoms with Crippen molar-refractivity contribution in [3.63, 3.8) is 0 Å². The number of hydrogen-bond acceptors (Lipinski definition) is 5. The largest absolute Gasteiger partial charge is 0.463 e. The first-order chi connectivity index (χ1) is 13.3. The van der Waals surface area contributed by atoms with E-state index < -0.39 is 14.1 Å². The third-order valence-corrected chi connectivity index (χ3v) is 10.4. The second-order valence-corrected chi connectivity index (χ2v) is 14.8. The van der Waals surface area contributed by atoms with E-state index >= 15 is 0 Å². The Balaban J connectivity index is 2.39. The molecule has 0 bridgehead atoms. The van der Waals surface area contributed by atoms with Crippen LogP contribution in [-0.2, 0) is 23.4 Å². The van der Waals surface area contributed by atoms with Crippen molar-refractivity contribution >= 4 is 14.3 Å². The fraction of sp³-hybridized carbons (Fsp3) is 0.870. The SMILES string of the molecule is CCOC(=O)/C=C\[C@@H]1OC(C)(C)O[C@H]1CCCCC[C@@H](C)O[Si](C)(C)C(C)(C)C. The van der Waals surface area contributed by atoms with E-state index in [1.807, 2.05) is 13.8 Å². The van der Waals surface area contributed by atoms with E-state index in [9.17, 15) is 4.79 Å². The predicted octanol–water partition coefficient (Wildman–Crippen LogP) is 5.99. The molecule has 0 spiro atoms. The number of carbonyl (C=O) groups excluding carboxylic acids is 1. The first kappa shape index (κ1) is 26.3. The Morgan fingerprint density at radius 3 is 2.41 bits per heavy atom. The van der Waals surface area contributed by atoms with Gasteiger partial charge in [0.1, 0.15) is 6.10 Å². The van der Waals surface area contributed by atoms with E-state index in [1.165, 1.54) is 6.08 Å². The first-order valence-electron chi connectivity index (χ1n) is 11.2. The third kappa shape index (κ3) is 9.32. The highest BCUT2D eigenvalue weighted by Gasteiger charge is 2.40. The summed E-state index contributed by atoms with van der Waals surface area (Å²) in [6, 6.07) is 0. The summed E-state index contributed by atoms with van der Waals surface area (Å²) >= 11 is 0. The molecule has 0 aliphatic carbocycles. The van der Waals surface area contributed by atoms with E-state index in [1.54, 1.807) is 13.0 Å². The van der Waals surface area contributed by atoms with Gasteiger partial charge in [-0.3, -0.25) is 0 Å². The molecule has 0 amide bonds. The summed E-state index contributed by atoms with van der Waals surface area (Å²) < 4.78 is 23.4. The summed E-state index contributed by atoms with van der Waals surface area (Å²) in [5.74, 6) is -0.963. The number of ether oxygens (including phenoxy) is 3. The van der Waals surface area contributed by atoms with E-state index in [2.05, 4.69) is 40.8 Å².